The first kappa shape index (κ1) is 23.6. The fourth-order valence-corrected chi connectivity index (χ4v) is 3.73. The summed E-state index contributed by atoms with van der Waals surface area (Å²) < 4.78 is 31.8. The molecule has 0 aliphatic heterocycles. The maximum atomic E-state index is 14.2. The molecule has 0 aliphatic rings. The lowest BCUT2D eigenvalue weighted by atomic mass is 10.0. The molecule has 0 unspecified atom stereocenters. The number of pyridine rings is 1. The lowest BCUT2D eigenvalue weighted by molar-refractivity contribution is 0.213. The standard InChI is InChI=1S/C25H23ClFN3O4/c1-12(2)32-25-28-10-16(11-29-25)22-14(4)21(31)18-9-13(3)8-17(23(18)34-22)15(5)33-19-6-7-20(26)30-24(19)27/h6-12,15H,1-5H3/t15-/m1/s1. The molecule has 0 saturated heterocycles. The Hall–Kier alpha value is -3.52. The monoisotopic (exact) mass is 483 g/mol. The van der Waals surface area contributed by atoms with Crippen LogP contribution < -0.4 is 14.9 Å². The Labute approximate surface area is 200 Å². The van der Waals surface area contributed by atoms with Crippen LogP contribution in [-0.2, 0) is 0 Å². The van der Waals surface area contributed by atoms with Crippen molar-refractivity contribution in [3.63, 3.8) is 0 Å². The third kappa shape index (κ3) is 4.72. The average Bonchev–Trinajstić information content (AvgIpc) is 2.78. The van der Waals surface area contributed by atoms with Crippen LogP contribution in [0.25, 0.3) is 22.3 Å². The fourth-order valence-electron chi connectivity index (χ4n) is 3.59. The van der Waals surface area contributed by atoms with Crippen LogP contribution in [0.15, 0.2) is 45.9 Å². The fraction of sp³-hybridized carbons (Fsp3) is 0.280. The predicted octanol–water partition coefficient (Wildman–Crippen LogP) is 5.98. The summed E-state index contributed by atoms with van der Waals surface area (Å²) in [6.45, 7) is 9.05. The molecule has 0 radical (unpaired) electrons. The van der Waals surface area contributed by atoms with Crippen LogP contribution in [0.2, 0.25) is 5.15 Å². The molecular formula is C25H23ClFN3O4. The number of nitrogens with zero attached hydrogens (tertiary/aromatic N) is 3. The molecular weight excluding hydrogens is 461 g/mol. The maximum Gasteiger partial charge on any atom is 0.316 e. The minimum absolute atomic E-state index is 0.0247. The second kappa shape index (κ2) is 9.38. The van der Waals surface area contributed by atoms with Gasteiger partial charge in [-0.1, -0.05) is 11.6 Å². The molecule has 176 valence electrons. The van der Waals surface area contributed by atoms with Gasteiger partial charge in [0.15, 0.2) is 11.2 Å². The summed E-state index contributed by atoms with van der Waals surface area (Å²) in [6, 6.07) is 6.68. The summed E-state index contributed by atoms with van der Waals surface area (Å²) in [5.74, 6) is -0.546. The van der Waals surface area contributed by atoms with Gasteiger partial charge in [-0.3, -0.25) is 4.79 Å². The van der Waals surface area contributed by atoms with Crippen molar-refractivity contribution in [3.05, 3.63) is 74.7 Å². The summed E-state index contributed by atoms with van der Waals surface area (Å²) in [4.78, 5) is 25.3. The Bertz CT molecular complexity index is 1420. The predicted molar refractivity (Wildman–Crippen MR) is 127 cm³/mol. The Kier molecular flexibility index (Phi) is 6.52. The van der Waals surface area contributed by atoms with E-state index in [2.05, 4.69) is 15.0 Å². The molecule has 4 aromatic rings. The van der Waals surface area contributed by atoms with Crippen molar-refractivity contribution >= 4 is 22.6 Å². The van der Waals surface area contributed by atoms with Crippen molar-refractivity contribution < 1.29 is 18.3 Å². The largest absolute Gasteiger partial charge is 0.481 e. The number of aryl methyl sites for hydroxylation is 1. The van der Waals surface area contributed by atoms with E-state index in [0.29, 0.717) is 33.4 Å². The minimum Gasteiger partial charge on any atom is -0.481 e. The highest BCUT2D eigenvalue weighted by Crippen LogP contribution is 2.33. The molecule has 4 rings (SSSR count). The van der Waals surface area contributed by atoms with E-state index in [1.165, 1.54) is 12.1 Å². The van der Waals surface area contributed by atoms with Gasteiger partial charge in [-0.05, 0) is 64.4 Å². The number of halogens is 2. The zero-order valence-electron chi connectivity index (χ0n) is 19.3. The van der Waals surface area contributed by atoms with Gasteiger partial charge in [-0.2, -0.15) is 4.39 Å². The summed E-state index contributed by atoms with van der Waals surface area (Å²) >= 11 is 5.74. The number of benzene rings is 1. The van der Waals surface area contributed by atoms with E-state index in [4.69, 9.17) is 25.5 Å². The van der Waals surface area contributed by atoms with Crippen LogP contribution in [0.4, 0.5) is 4.39 Å². The highest BCUT2D eigenvalue weighted by molar-refractivity contribution is 6.29. The molecule has 3 heterocycles. The molecule has 1 atom stereocenters. The molecule has 0 N–H and O–H groups in total. The van der Waals surface area contributed by atoms with E-state index in [1.807, 2.05) is 26.8 Å². The molecule has 7 nitrogen and oxygen atoms in total. The molecule has 0 aliphatic carbocycles. The quantitative estimate of drug-likeness (QED) is 0.311. The zero-order valence-corrected chi connectivity index (χ0v) is 20.1. The molecule has 0 amide bonds. The van der Waals surface area contributed by atoms with Gasteiger partial charge in [-0.25, -0.2) is 15.0 Å². The topological polar surface area (TPSA) is 87.3 Å². The Morgan fingerprint density at radius 3 is 2.41 bits per heavy atom. The molecule has 9 heteroatoms. The van der Waals surface area contributed by atoms with Gasteiger partial charge >= 0.3 is 6.01 Å². The van der Waals surface area contributed by atoms with Crippen LogP contribution in [-0.4, -0.2) is 21.1 Å². The number of hydrogen-bond acceptors (Lipinski definition) is 7. The molecule has 3 aromatic heterocycles. The molecule has 0 saturated carbocycles. The van der Waals surface area contributed by atoms with E-state index < -0.39 is 12.1 Å². The highest BCUT2D eigenvalue weighted by atomic mass is 35.5. The van der Waals surface area contributed by atoms with Crippen LogP contribution in [0.5, 0.6) is 11.8 Å². The number of rotatable bonds is 6. The molecule has 1 aromatic carbocycles. The molecule has 34 heavy (non-hydrogen) atoms. The summed E-state index contributed by atoms with van der Waals surface area (Å²) in [5.41, 5.74) is 2.53. The highest BCUT2D eigenvalue weighted by Gasteiger charge is 2.21. The summed E-state index contributed by atoms with van der Waals surface area (Å²) in [5, 5.41) is 0.429. The zero-order chi connectivity index (χ0) is 24.6. The van der Waals surface area contributed by atoms with Crippen molar-refractivity contribution in [3.8, 4) is 23.1 Å². The second-order valence-electron chi connectivity index (χ2n) is 8.22. The van der Waals surface area contributed by atoms with Gasteiger partial charge in [0.2, 0.25) is 0 Å². The third-order valence-corrected chi connectivity index (χ3v) is 5.36. The van der Waals surface area contributed by atoms with E-state index in [1.54, 1.807) is 32.3 Å². The van der Waals surface area contributed by atoms with Crippen LogP contribution in [0, 0.1) is 19.8 Å². The van der Waals surface area contributed by atoms with Crippen molar-refractivity contribution in [2.45, 2.75) is 46.8 Å². The number of hydrogen-bond donors (Lipinski definition) is 0. The first-order valence-corrected chi connectivity index (χ1v) is 11.1. The van der Waals surface area contributed by atoms with Gasteiger partial charge in [-0.15, -0.1) is 0 Å². The van der Waals surface area contributed by atoms with Crippen molar-refractivity contribution in [1.82, 2.24) is 15.0 Å². The van der Waals surface area contributed by atoms with Gasteiger partial charge in [0, 0.05) is 23.5 Å². The van der Waals surface area contributed by atoms with E-state index >= 15 is 0 Å². The number of aromatic nitrogens is 3. The average molecular weight is 484 g/mol. The van der Waals surface area contributed by atoms with E-state index in [0.717, 1.165) is 5.56 Å². The normalized spacial score (nSPS) is 12.2. The SMILES string of the molecule is Cc1cc([C@@H](C)Oc2ccc(Cl)nc2F)c2oc(-c3cnc(OC(C)C)nc3)c(C)c(=O)c2c1. The van der Waals surface area contributed by atoms with Crippen LogP contribution >= 0.6 is 11.6 Å². The lowest BCUT2D eigenvalue weighted by Crippen LogP contribution is -2.12. The van der Waals surface area contributed by atoms with E-state index in [-0.39, 0.29) is 28.4 Å². The second-order valence-corrected chi connectivity index (χ2v) is 8.61. The smallest absolute Gasteiger partial charge is 0.316 e. The number of fused-ring (bicyclic) bond motifs is 1. The Balaban J connectivity index is 1.82. The lowest BCUT2D eigenvalue weighted by Gasteiger charge is -2.18. The maximum absolute atomic E-state index is 14.2. The minimum atomic E-state index is -0.824. The summed E-state index contributed by atoms with van der Waals surface area (Å²) in [7, 11) is 0. The molecule has 0 fully saturated rings. The van der Waals surface area contributed by atoms with Crippen molar-refractivity contribution in [1.29, 1.82) is 0 Å². The van der Waals surface area contributed by atoms with Gasteiger partial charge < -0.3 is 13.9 Å². The summed E-state index contributed by atoms with van der Waals surface area (Å²) in [6.07, 6.45) is 2.37. The van der Waals surface area contributed by atoms with Crippen molar-refractivity contribution in [2.24, 2.45) is 0 Å². The molecule has 0 bridgehead atoms. The first-order chi connectivity index (χ1) is 16.1. The van der Waals surface area contributed by atoms with Crippen LogP contribution in [0.3, 0.4) is 0 Å². The van der Waals surface area contributed by atoms with Crippen molar-refractivity contribution in [2.75, 3.05) is 0 Å². The van der Waals surface area contributed by atoms with Gasteiger partial charge in [0.1, 0.15) is 22.6 Å². The van der Waals surface area contributed by atoms with E-state index in [9.17, 15) is 9.18 Å². The first-order valence-electron chi connectivity index (χ1n) is 10.7. The van der Waals surface area contributed by atoms with Gasteiger partial charge in [0.05, 0.1) is 17.1 Å². The molecule has 0 spiro atoms. The number of ether oxygens (including phenoxy) is 2. The Morgan fingerprint density at radius 1 is 1.06 bits per heavy atom. The van der Waals surface area contributed by atoms with Crippen LogP contribution in [0.1, 0.15) is 43.6 Å². The third-order valence-electron chi connectivity index (χ3n) is 5.15. The Morgan fingerprint density at radius 2 is 1.76 bits per heavy atom. The van der Waals surface area contributed by atoms with Gasteiger partial charge in [0.25, 0.3) is 5.95 Å².